The average molecular weight is 202 g/mol. The van der Waals surface area contributed by atoms with Crippen molar-refractivity contribution in [2.24, 2.45) is 0 Å². The molecule has 0 aliphatic heterocycles. The summed E-state index contributed by atoms with van der Waals surface area (Å²) < 4.78 is 30.8. The lowest BCUT2D eigenvalue weighted by Gasteiger charge is -2.05. The molecule has 1 aromatic rings. The molecule has 76 valence electrons. The molecule has 0 amide bonds. The number of hydrogen-bond donors (Lipinski definition) is 1. The summed E-state index contributed by atoms with van der Waals surface area (Å²) in [6.07, 6.45) is -0.679. The molecule has 0 bridgehead atoms. The number of halogens is 2. The number of benzene rings is 1. The second-order valence-electron chi connectivity index (χ2n) is 2.64. The Bertz CT molecular complexity index is 340. The highest BCUT2D eigenvalue weighted by Crippen LogP contribution is 2.20. The average Bonchev–Trinajstić information content (AvgIpc) is 2.10. The van der Waals surface area contributed by atoms with Gasteiger partial charge in [0.15, 0.2) is 0 Å². The Morgan fingerprint density at radius 2 is 1.93 bits per heavy atom. The van der Waals surface area contributed by atoms with Crippen LogP contribution in [0.3, 0.4) is 0 Å². The van der Waals surface area contributed by atoms with Crippen LogP contribution in [0.4, 0.5) is 8.78 Å². The van der Waals surface area contributed by atoms with E-state index >= 15 is 0 Å². The van der Waals surface area contributed by atoms with E-state index in [1.807, 2.05) is 0 Å². The first kappa shape index (κ1) is 10.4. The van der Waals surface area contributed by atoms with Gasteiger partial charge >= 0.3 is 5.97 Å². The molecule has 0 aliphatic rings. The van der Waals surface area contributed by atoms with Crippen molar-refractivity contribution in [2.75, 3.05) is 7.11 Å². The van der Waals surface area contributed by atoms with E-state index in [1.54, 1.807) is 0 Å². The Morgan fingerprint density at radius 3 is 2.29 bits per heavy atom. The normalized spacial score (nSPS) is 9.93. The summed E-state index contributed by atoms with van der Waals surface area (Å²) in [5, 5.41) is 8.38. The molecule has 0 aromatic heterocycles. The Morgan fingerprint density at radius 1 is 1.43 bits per heavy atom. The lowest BCUT2D eigenvalue weighted by molar-refractivity contribution is -0.136. The van der Waals surface area contributed by atoms with Crippen molar-refractivity contribution in [1.29, 1.82) is 0 Å². The summed E-state index contributed by atoms with van der Waals surface area (Å²) in [5.74, 6) is -3.09. The Balaban J connectivity index is 3.11. The van der Waals surface area contributed by atoms with E-state index in [9.17, 15) is 13.6 Å². The molecule has 5 heteroatoms. The molecular formula is C9H8F2O3. The highest BCUT2D eigenvalue weighted by Gasteiger charge is 2.14. The maximum absolute atomic E-state index is 13.1. The molecule has 1 N–H and O–H groups in total. The third-order valence-corrected chi connectivity index (χ3v) is 1.68. The number of rotatable bonds is 3. The molecule has 3 nitrogen and oxygen atoms in total. The third kappa shape index (κ3) is 2.18. The van der Waals surface area contributed by atoms with Crippen LogP contribution in [-0.2, 0) is 11.2 Å². The summed E-state index contributed by atoms with van der Waals surface area (Å²) in [4.78, 5) is 10.3. The predicted molar refractivity (Wildman–Crippen MR) is 44.2 cm³/mol. The fourth-order valence-corrected chi connectivity index (χ4v) is 1.02. The quantitative estimate of drug-likeness (QED) is 0.809. The van der Waals surface area contributed by atoms with Gasteiger partial charge in [-0.1, -0.05) is 0 Å². The zero-order valence-electron chi connectivity index (χ0n) is 7.38. The van der Waals surface area contributed by atoms with Gasteiger partial charge in [0.1, 0.15) is 17.4 Å². The lowest BCUT2D eigenvalue weighted by atomic mass is 10.1. The number of ether oxygens (including phenoxy) is 1. The van der Waals surface area contributed by atoms with Gasteiger partial charge in [0, 0.05) is 17.7 Å². The van der Waals surface area contributed by atoms with Gasteiger partial charge in [0.05, 0.1) is 13.5 Å². The number of carboxylic acids is 1. The SMILES string of the molecule is COc1cc(F)c(CC(=O)O)c(F)c1. The van der Waals surface area contributed by atoms with Gasteiger partial charge in [-0.05, 0) is 0 Å². The molecule has 0 heterocycles. The number of aliphatic carboxylic acids is 1. The van der Waals surface area contributed by atoms with Gasteiger partial charge in [-0.2, -0.15) is 0 Å². The van der Waals surface area contributed by atoms with Crippen LogP contribution in [0.15, 0.2) is 12.1 Å². The van der Waals surface area contributed by atoms with Crippen molar-refractivity contribution in [1.82, 2.24) is 0 Å². The molecule has 14 heavy (non-hydrogen) atoms. The number of carbonyl (C=O) groups is 1. The minimum Gasteiger partial charge on any atom is -0.497 e. The summed E-state index contributed by atoms with van der Waals surface area (Å²) in [6.45, 7) is 0. The minimum absolute atomic E-state index is 0.0224. The first-order valence-electron chi connectivity index (χ1n) is 3.78. The number of hydrogen-bond acceptors (Lipinski definition) is 2. The van der Waals surface area contributed by atoms with Crippen LogP contribution < -0.4 is 4.74 Å². The van der Waals surface area contributed by atoms with Crippen LogP contribution in [0.25, 0.3) is 0 Å². The zero-order valence-corrected chi connectivity index (χ0v) is 7.38. The molecule has 0 radical (unpaired) electrons. The van der Waals surface area contributed by atoms with Gasteiger partial charge in [-0.15, -0.1) is 0 Å². The molecule has 0 fully saturated rings. The fourth-order valence-electron chi connectivity index (χ4n) is 1.02. The summed E-state index contributed by atoms with van der Waals surface area (Å²) in [5.41, 5.74) is -0.460. The van der Waals surface area contributed by atoms with E-state index in [-0.39, 0.29) is 5.75 Å². The molecule has 0 atom stereocenters. The van der Waals surface area contributed by atoms with Crippen molar-refractivity contribution >= 4 is 5.97 Å². The lowest BCUT2D eigenvalue weighted by Crippen LogP contribution is -2.05. The monoisotopic (exact) mass is 202 g/mol. The topological polar surface area (TPSA) is 46.5 Å². The fraction of sp³-hybridized carbons (Fsp3) is 0.222. The van der Waals surface area contributed by atoms with Crippen LogP contribution in [-0.4, -0.2) is 18.2 Å². The van der Waals surface area contributed by atoms with Crippen molar-refractivity contribution in [2.45, 2.75) is 6.42 Å². The van der Waals surface area contributed by atoms with Gasteiger partial charge in [-0.25, -0.2) is 8.78 Å². The van der Waals surface area contributed by atoms with E-state index in [0.717, 1.165) is 12.1 Å². The van der Waals surface area contributed by atoms with E-state index in [1.165, 1.54) is 7.11 Å². The Kier molecular flexibility index (Phi) is 3.01. The van der Waals surface area contributed by atoms with Gasteiger partial charge in [0.25, 0.3) is 0 Å². The standard InChI is InChI=1S/C9H8F2O3/c1-14-5-2-7(10)6(4-9(12)13)8(11)3-5/h2-3H,4H2,1H3,(H,12,13). The van der Waals surface area contributed by atoms with Crippen molar-refractivity contribution in [3.05, 3.63) is 29.3 Å². The second-order valence-corrected chi connectivity index (χ2v) is 2.64. The van der Waals surface area contributed by atoms with E-state index in [2.05, 4.69) is 4.74 Å². The second kappa shape index (κ2) is 4.04. The minimum atomic E-state index is -1.28. The van der Waals surface area contributed by atoms with E-state index in [4.69, 9.17) is 5.11 Å². The summed E-state index contributed by atoms with van der Waals surface area (Å²) >= 11 is 0. The summed E-state index contributed by atoms with van der Waals surface area (Å²) in [7, 11) is 1.27. The first-order valence-corrected chi connectivity index (χ1v) is 3.78. The molecule has 0 saturated heterocycles. The maximum Gasteiger partial charge on any atom is 0.308 e. The van der Waals surface area contributed by atoms with E-state index in [0.29, 0.717) is 0 Å². The smallest absolute Gasteiger partial charge is 0.308 e. The van der Waals surface area contributed by atoms with Crippen LogP contribution >= 0.6 is 0 Å². The maximum atomic E-state index is 13.1. The largest absolute Gasteiger partial charge is 0.497 e. The van der Waals surface area contributed by atoms with E-state index < -0.39 is 29.6 Å². The van der Waals surface area contributed by atoms with Crippen molar-refractivity contribution in [3.8, 4) is 5.75 Å². The number of carboxylic acid groups (broad SMARTS) is 1. The van der Waals surface area contributed by atoms with Crippen LogP contribution in [0.2, 0.25) is 0 Å². The zero-order chi connectivity index (χ0) is 10.7. The summed E-state index contributed by atoms with van der Waals surface area (Å²) in [6, 6.07) is 1.89. The van der Waals surface area contributed by atoms with Crippen molar-refractivity contribution in [3.63, 3.8) is 0 Å². The Hall–Kier alpha value is -1.65. The van der Waals surface area contributed by atoms with Crippen LogP contribution in [0, 0.1) is 11.6 Å². The molecule has 1 aromatic carbocycles. The first-order chi connectivity index (χ1) is 6.54. The highest BCUT2D eigenvalue weighted by atomic mass is 19.1. The third-order valence-electron chi connectivity index (χ3n) is 1.68. The highest BCUT2D eigenvalue weighted by molar-refractivity contribution is 5.70. The molecular weight excluding hydrogens is 194 g/mol. The molecule has 0 saturated carbocycles. The van der Waals surface area contributed by atoms with Crippen LogP contribution in [0.5, 0.6) is 5.75 Å². The molecule has 1 rings (SSSR count). The molecule has 0 unspecified atom stereocenters. The van der Waals surface area contributed by atoms with Gasteiger partial charge in [0.2, 0.25) is 0 Å². The molecule has 0 spiro atoms. The molecule has 0 aliphatic carbocycles. The van der Waals surface area contributed by atoms with Gasteiger partial charge < -0.3 is 9.84 Å². The van der Waals surface area contributed by atoms with Crippen molar-refractivity contribution < 1.29 is 23.4 Å². The number of methoxy groups -OCH3 is 1. The predicted octanol–water partition coefficient (Wildman–Crippen LogP) is 1.60. The Labute approximate surface area is 78.9 Å². The van der Waals surface area contributed by atoms with Crippen LogP contribution in [0.1, 0.15) is 5.56 Å². The van der Waals surface area contributed by atoms with Gasteiger partial charge in [-0.3, -0.25) is 4.79 Å².